The third-order valence-corrected chi connectivity index (χ3v) is 6.15. The van der Waals surface area contributed by atoms with Crippen LogP contribution >= 0.6 is 0 Å². The average Bonchev–Trinajstić information content (AvgIpc) is 3.22. The van der Waals surface area contributed by atoms with Gasteiger partial charge in [0.1, 0.15) is 17.3 Å². The largest absolute Gasteiger partial charge is 0.373 e. The molecule has 5 rings (SSSR count). The molecular formula is C25H26N6O. The lowest BCUT2D eigenvalue weighted by Gasteiger charge is -2.21. The molecule has 2 N–H and O–H groups in total. The molecule has 0 saturated heterocycles. The predicted molar refractivity (Wildman–Crippen MR) is 127 cm³/mol. The Morgan fingerprint density at radius 1 is 1.09 bits per heavy atom. The predicted octanol–water partition coefficient (Wildman–Crippen LogP) is 4.68. The van der Waals surface area contributed by atoms with Gasteiger partial charge in [0.15, 0.2) is 0 Å². The number of rotatable bonds is 4. The number of pyridine rings is 2. The smallest absolute Gasteiger partial charge is 0.273 e. The first kappa shape index (κ1) is 20.2. The average molecular weight is 427 g/mol. The van der Waals surface area contributed by atoms with Gasteiger partial charge in [-0.2, -0.15) is 0 Å². The number of amides is 1. The van der Waals surface area contributed by atoms with Crippen LogP contribution in [0.5, 0.6) is 0 Å². The summed E-state index contributed by atoms with van der Waals surface area (Å²) in [5.41, 5.74) is 5.38. The van der Waals surface area contributed by atoms with Gasteiger partial charge >= 0.3 is 0 Å². The summed E-state index contributed by atoms with van der Waals surface area (Å²) in [6.07, 6.45) is 7.41. The summed E-state index contributed by atoms with van der Waals surface area (Å²) in [4.78, 5) is 26.5. The van der Waals surface area contributed by atoms with Gasteiger partial charge in [-0.25, -0.2) is 9.97 Å². The molecule has 0 saturated carbocycles. The van der Waals surface area contributed by atoms with Crippen LogP contribution in [-0.2, 0) is 13.0 Å². The summed E-state index contributed by atoms with van der Waals surface area (Å²) < 4.78 is 2.05. The first-order valence-electron chi connectivity index (χ1n) is 10.9. The molecule has 162 valence electrons. The van der Waals surface area contributed by atoms with Gasteiger partial charge in [0, 0.05) is 55.1 Å². The van der Waals surface area contributed by atoms with Crippen molar-refractivity contribution in [1.82, 2.24) is 19.5 Å². The number of carbonyl (C=O) groups excluding carboxylic acids is 1. The molecule has 1 aromatic carbocycles. The van der Waals surface area contributed by atoms with E-state index in [0.717, 1.165) is 64.3 Å². The highest BCUT2D eigenvalue weighted by atomic mass is 16.2. The van der Waals surface area contributed by atoms with Crippen molar-refractivity contribution in [3.05, 3.63) is 66.0 Å². The number of carbonyl (C=O) groups is 1. The van der Waals surface area contributed by atoms with Crippen molar-refractivity contribution in [2.24, 2.45) is 5.92 Å². The Bertz CT molecular complexity index is 1330. The summed E-state index contributed by atoms with van der Waals surface area (Å²) in [6, 6.07) is 9.96. The van der Waals surface area contributed by atoms with E-state index in [-0.39, 0.29) is 5.91 Å². The summed E-state index contributed by atoms with van der Waals surface area (Å²) in [6.45, 7) is 5.11. The molecule has 0 fully saturated rings. The molecule has 1 atom stereocenters. The number of anilines is 2. The minimum absolute atomic E-state index is 0.131. The van der Waals surface area contributed by atoms with Crippen LogP contribution in [0.1, 0.15) is 35.2 Å². The van der Waals surface area contributed by atoms with Gasteiger partial charge in [-0.15, -0.1) is 0 Å². The summed E-state index contributed by atoms with van der Waals surface area (Å²) in [5.74, 6) is 2.20. The number of hydrogen-bond acceptors (Lipinski definition) is 5. The van der Waals surface area contributed by atoms with Gasteiger partial charge in [0.25, 0.3) is 5.91 Å². The molecule has 7 nitrogen and oxygen atoms in total. The Labute approximate surface area is 186 Å². The zero-order chi connectivity index (χ0) is 22.2. The maximum Gasteiger partial charge on any atom is 0.273 e. The number of nitrogens with one attached hydrogen (secondary N) is 2. The molecule has 4 aromatic rings. The first-order chi connectivity index (χ1) is 15.5. The second kappa shape index (κ2) is 8.07. The second-order valence-corrected chi connectivity index (χ2v) is 8.53. The first-order valence-corrected chi connectivity index (χ1v) is 10.9. The Morgan fingerprint density at radius 2 is 1.97 bits per heavy atom. The number of imidazole rings is 1. The Kier molecular flexibility index (Phi) is 5.09. The van der Waals surface area contributed by atoms with Crippen molar-refractivity contribution in [3.63, 3.8) is 0 Å². The van der Waals surface area contributed by atoms with E-state index in [1.807, 2.05) is 43.7 Å². The third-order valence-electron chi connectivity index (χ3n) is 6.15. The number of benzene rings is 1. The molecule has 1 amide bonds. The van der Waals surface area contributed by atoms with E-state index >= 15 is 0 Å². The fraction of sp³-hybridized carbons (Fsp3) is 0.280. The SMILES string of the molecule is CNc1cc2ncc(-c3cc(NC(=O)c4cnc5n4C[C@H](C)CC5)ccc3C)cc2cn1. The van der Waals surface area contributed by atoms with Crippen molar-refractivity contribution < 1.29 is 4.79 Å². The second-order valence-electron chi connectivity index (χ2n) is 8.53. The zero-order valence-corrected chi connectivity index (χ0v) is 18.5. The lowest BCUT2D eigenvalue weighted by atomic mass is 10.00. The maximum atomic E-state index is 13.0. The summed E-state index contributed by atoms with van der Waals surface area (Å²) in [5, 5.41) is 7.06. The molecule has 0 aliphatic carbocycles. The summed E-state index contributed by atoms with van der Waals surface area (Å²) >= 11 is 0. The molecule has 3 aromatic heterocycles. The standard InChI is InChI=1S/C25H26N6O/c1-15-4-7-24-29-13-22(31(24)14-15)25(32)30-19-6-5-16(2)20(9-19)17-8-18-12-28-23(26-3)10-21(18)27-11-17/h5-6,8-13,15H,4,7,14H2,1-3H3,(H,26,28)(H,30,32)/t15-/m1/s1. The Morgan fingerprint density at radius 3 is 2.81 bits per heavy atom. The van der Waals surface area contributed by atoms with Gasteiger partial charge in [0.05, 0.1) is 11.7 Å². The van der Waals surface area contributed by atoms with Crippen LogP contribution in [-0.4, -0.2) is 32.5 Å². The lowest BCUT2D eigenvalue weighted by Crippen LogP contribution is -2.24. The van der Waals surface area contributed by atoms with Crippen LogP contribution < -0.4 is 10.6 Å². The van der Waals surface area contributed by atoms with Gasteiger partial charge < -0.3 is 15.2 Å². The highest BCUT2D eigenvalue weighted by Crippen LogP contribution is 2.29. The molecule has 32 heavy (non-hydrogen) atoms. The number of hydrogen-bond donors (Lipinski definition) is 2. The molecule has 0 unspecified atom stereocenters. The highest BCUT2D eigenvalue weighted by molar-refractivity contribution is 6.03. The van der Waals surface area contributed by atoms with Crippen molar-refractivity contribution >= 4 is 28.3 Å². The van der Waals surface area contributed by atoms with E-state index in [1.165, 1.54) is 0 Å². The zero-order valence-electron chi connectivity index (χ0n) is 18.5. The minimum atomic E-state index is -0.131. The number of aryl methyl sites for hydroxylation is 2. The van der Waals surface area contributed by atoms with E-state index < -0.39 is 0 Å². The molecule has 0 radical (unpaired) electrons. The molecule has 4 heterocycles. The Balaban J connectivity index is 1.44. The quantitative estimate of drug-likeness (QED) is 0.495. The van der Waals surface area contributed by atoms with Gasteiger partial charge in [-0.05, 0) is 48.6 Å². The molecule has 0 spiro atoms. The fourth-order valence-corrected chi connectivity index (χ4v) is 4.29. The van der Waals surface area contributed by atoms with Crippen LogP contribution in [0, 0.1) is 12.8 Å². The summed E-state index contributed by atoms with van der Waals surface area (Å²) in [7, 11) is 1.84. The molecular weight excluding hydrogens is 400 g/mol. The monoisotopic (exact) mass is 426 g/mol. The van der Waals surface area contributed by atoms with Crippen LogP contribution in [0.15, 0.2) is 48.9 Å². The highest BCUT2D eigenvalue weighted by Gasteiger charge is 2.22. The molecule has 7 heteroatoms. The number of aromatic nitrogens is 4. The van der Waals surface area contributed by atoms with Crippen LogP contribution in [0.4, 0.5) is 11.5 Å². The lowest BCUT2D eigenvalue weighted by molar-refractivity contribution is 0.101. The van der Waals surface area contributed by atoms with Crippen LogP contribution in [0.25, 0.3) is 22.0 Å². The van der Waals surface area contributed by atoms with Gasteiger partial charge in [-0.1, -0.05) is 13.0 Å². The number of nitrogens with zero attached hydrogens (tertiary/aromatic N) is 4. The van der Waals surface area contributed by atoms with Crippen molar-refractivity contribution in [1.29, 1.82) is 0 Å². The minimum Gasteiger partial charge on any atom is -0.373 e. The van der Waals surface area contributed by atoms with Crippen molar-refractivity contribution in [2.75, 3.05) is 17.7 Å². The molecule has 0 bridgehead atoms. The van der Waals surface area contributed by atoms with E-state index in [2.05, 4.69) is 50.1 Å². The van der Waals surface area contributed by atoms with Crippen molar-refractivity contribution in [3.8, 4) is 11.1 Å². The van der Waals surface area contributed by atoms with Gasteiger partial charge in [0.2, 0.25) is 0 Å². The van der Waals surface area contributed by atoms with Crippen LogP contribution in [0.3, 0.4) is 0 Å². The Hall–Kier alpha value is -3.74. The van der Waals surface area contributed by atoms with E-state index in [0.29, 0.717) is 11.6 Å². The molecule has 1 aliphatic rings. The fourth-order valence-electron chi connectivity index (χ4n) is 4.29. The van der Waals surface area contributed by atoms with Gasteiger partial charge in [-0.3, -0.25) is 9.78 Å². The normalized spacial score (nSPS) is 15.4. The molecule has 1 aliphatic heterocycles. The maximum absolute atomic E-state index is 13.0. The van der Waals surface area contributed by atoms with E-state index in [9.17, 15) is 4.79 Å². The van der Waals surface area contributed by atoms with Crippen molar-refractivity contribution in [2.45, 2.75) is 33.2 Å². The van der Waals surface area contributed by atoms with E-state index in [4.69, 9.17) is 0 Å². The van der Waals surface area contributed by atoms with E-state index in [1.54, 1.807) is 6.20 Å². The topological polar surface area (TPSA) is 84.7 Å². The third kappa shape index (κ3) is 3.70. The number of fused-ring (bicyclic) bond motifs is 2. The van der Waals surface area contributed by atoms with Crippen LogP contribution in [0.2, 0.25) is 0 Å².